The van der Waals surface area contributed by atoms with E-state index >= 15 is 0 Å². The summed E-state index contributed by atoms with van der Waals surface area (Å²) in [4.78, 5) is 13.9. The fourth-order valence-corrected chi connectivity index (χ4v) is 1.67. The lowest BCUT2D eigenvalue weighted by Gasteiger charge is -2.25. The van der Waals surface area contributed by atoms with Crippen molar-refractivity contribution in [1.29, 1.82) is 0 Å². The van der Waals surface area contributed by atoms with E-state index in [2.05, 4.69) is 10.3 Å². The van der Waals surface area contributed by atoms with E-state index in [1.165, 1.54) is 25.3 Å². The molecule has 0 amide bonds. The Hall–Kier alpha value is -1.85. The minimum atomic E-state index is -0.530. The number of hydrogen-bond acceptors (Lipinski definition) is 5. The number of rotatable bonds is 4. The summed E-state index contributed by atoms with van der Waals surface area (Å²) in [6, 6.07) is 2.97. The number of hydrogen-bond donors (Lipinski definition) is 2. The van der Waals surface area contributed by atoms with Crippen molar-refractivity contribution in [3.05, 3.63) is 22.2 Å². The summed E-state index contributed by atoms with van der Waals surface area (Å²) in [6.07, 6.45) is 3.78. The zero-order valence-corrected chi connectivity index (χ0v) is 8.85. The van der Waals surface area contributed by atoms with Gasteiger partial charge in [-0.05, 0) is 24.8 Å². The summed E-state index contributed by atoms with van der Waals surface area (Å²) < 4.78 is 0. The molecule has 1 aromatic rings. The Bertz CT molecular complexity index is 404. The van der Waals surface area contributed by atoms with Crippen molar-refractivity contribution in [2.75, 3.05) is 17.6 Å². The van der Waals surface area contributed by atoms with Crippen LogP contribution in [-0.4, -0.2) is 16.5 Å². The number of nitrogens with one attached hydrogen (secondary N) is 1. The molecule has 0 aromatic carbocycles. The average Bonchev–Trinajstić information content (AvgIpc) is 2.14. The molecular weight excluding hydrogens is 208 g/mol. The first kappa shape index (κ1) is 10.7. The molecule has 0 spiro atoms. The molecule has 2 rings (SSSR count). The van der Waals surface area contributed by atoms with E-state index in [0.717, 1.165) is 6.54 Å². The van der Waals surface area contributed by atoms with Crippen LogP contribution in [0.1, 0.15) is 19.3 Å². The predicted molar refractivity (Wildman–Crippen MR) is 61.1 cm³/mol. The molecule has 1 heterocycles. The van der Waals surface area contributed by atoms with E-state index in [1.807, 2.05) is 0 Å². The van der Waals surface area contributed by atoms with Crippen LogP contribution in [0.15, 0.2) is 12.1 Å². The molecule has 0 atom stereocenters. The largest absolute Gasteiger partial charge is 0.378 e. The Labute approximate surface area is 93.0 Å². The summed E-state index contributed by atoms with van der Waals surface area (Å²) in [5, 5.41) is 13.7. The van der Waals surface area contributed by atoms with Crippen LogP contribution >= 0.6 is 0 Å². The van der Waals surface area contributed by atoms with Crippen LogP contribution in [0, 0.1) is 16.0 Å². The standard InChI is InChI=1S/C10H14N4O2/c11-10-8(14(15)16)4-5-9(13-10)12-6-7-2-1-3-7/h4-5,7H,1-3,6H2,(H3,11,12,13). The second-order valence-corrected chi connectivity index (χ2v) is 4.04. The van der Waals surface area contributed by atoms with E-state index in [4.69, 9.17) is 5.73 Å². The van der Waals surface area contributed by atoms with Crippen molar-refractivity contribution in [2.45, 2.75) is 19.3 Å². The number of nitrogen functional groups attached to an aromatic ring is 1. The minimum Gasteiger partial charge on any atom is -0.378 e. The molecule has 6 nitrogen and oxygen atoms in total. The van der Waals surface area contributed by atoms with E-state index in [9.17, 15) is 10.1 Å². The van der Waals surface area contributed by atoms with Gasteiger partial charge in [-0.2, -0.15) is 0 Å². The molecule has 1 aliphatic rings. The van der Waals surface area contributed by atoms with Crippen LogP contribution in [0.5, 0.6) is 0 Å². The van der Waals surface area contributed by atoms with Crippen molar-refractivity contribution < 1.29 is 4.92 Å². The number of anilines is 2. The van der Waals surface area contributed by atoms with Crippen molar-refractivity contribution in [3.63, 3.8) is 0 Å². The highest BCUT2D eigenvalue weighted by molar-refractivity contribution is 5.57. The Morgan fingerprint density at radius 3 is 2.81 bits per heavy atom. The van der Waals surface area contributed by atoms with Crippen LogP contribution in [0.25, 0.3) is 0 Å². The summed E-state index contributed by atoms with van der Waals surface area (Å²) in [6.45, 7) is 0.865. The van der Waals surface area contributed by atoms with Crippen molar-refractivity contribution >= 4 is 17.3 Å². The third-order valence-corrected chi connectivity index (χ3v) is 2.90. The van der Waals surface area contributed by atoms with Crippen LogP contribution < -0.4 is 11.1 Å². The van der Waals surface area contributed by atoms with Gasteiger partial charge in [0.2, 0.25) is 5.82 Å². The molecule has 0 unspecified atom stereocenters. The fraction of sp³-hybridized carbons (Fsp3) is 0.500. The molecule has 1 fully saturated rings. The lowest BCUT2D eigenvalue weighted by molar-refractivity contribution is -0.384. The smallest absolute Gasteiger partial charge is 0.311 e. The molecule has 1 aliphatic carbocycles. The summed E-state index contributed by atoms with van der Waals surface area (Å²) in [5.41, 5.74) is 5.34. The van der Waals surface area contributed by atoms with Gasteiger partial charge in [0, 0.05) is 12.6 Å². The van der Waals surface area contributed by atoms with Gasteiger partial charge in [0.15, 0.2) is 0 Å². The fourth-order valence-electron chi connectivity index (χ4n) is 1.67. The van der Waals surface area contributed by atoms with Gasteiger partial charge >= 0.3 is 5.69 Å². The van der Waals surface area contributed by atoms with E-state index in [0.29, 0.717) is 11.7 Å². The molecular formula is C10H14N4O2. The van der Waals surface area contributed by atoms with Crippen molar-refractivity contribution in [2.24, 2.45) is 5.92 Å². The molecule has 0 bridgehead atoms. The highest BCUT2D eigenvalue weighted by Crippen LogP contribution is 2.27. The van der Waals surface area contributed by atoms with Gasteiger partial charge in [-0.1, -0.05) is 6.42 Å². The van der Waals surface area contributed by atoms with Crippen LogP contribution in [0.2, 0.25) is 0 Å². The monoisotopic (exact) mass is 222 g/mol. The van der Waals surface area contributed by atoms with Gasteiger partial charge < -0.3 is 11.1 Å². The molecule has 1 saturated carbocycles. The lowest BCUT2D eigenvalue weighted by Crippen LogP contribution is -2.21. The van der Waals surface area contributed by atoms with E-state index in [-0.39, 0.29) is 11.5 Å². The molecule has 0 saturated heterocycles. The van der Waals surface area contributed by atoms with E-state index < -0.39 is 4.92 Å². The second-order valence-electron chi connectivity index (χ2n) is 4.04. The molecule has 86 valence electrons. The Kier molecular flexibility index (Phi) is 2.89. The van der Waals surface area contributed by atoms with Gasteiger partial charge in [-0.3, -0.25) is 10.1 Å². The topological polar surface area (TPSA) is 94.1 Å². The molecule has 1 aromatic heterocycles. The van der Waals surface area contributed by atoms with E-state index in [1.54, 1.807) is 6.07 Å². The maximum Gasteiger partial charge on any atom is 0.311 e. The highest BCUT2D eigenvalue weighted by atomic mass is 16.6. The molecule has 16 heavy (non-hydrogen) atoms. The number of nitrogens with zero attached hydrogens (tertiary/aromatic N) is 2. The average molecular weight is 222 g/mol. The first-order valence-electron chi connectivity index (χ1n) is 5.31. The van der Waals surface area contributed by atoms with Gasteiger partial charge in [0.1, 0.15) is 5.82 Å². The number of aromatic nitrogens is 1. The normalized spacial score (nSPS) is 15.5. The molecule has 0 aliphatic heterocycles. The van der Waals surface area contributed by atoms with Crippen molar-refractivity contribution in [3.8, 4) is 0 Å². The number of nitrogens with two attached hydrogens (primary N) is 1. The predicted octanol–water partition coefficient (Wildman–Crippen LogP) is 1.78. The molecule has 6 heteroatoms. The lowest BCUT2D eigenvalue weighted by atomic mass is 9.85. The maximum atomic E-state index is 10.5. The Balaban J connectivity index is 1.99. The third kappa shape index (κ3) is 2.21. The van der Waals surface area contributed by atoms with Gasteiger partial charge in [-0.15, -0.1) is 0 Å². The summed E-state index contributed by atoms with van der Waals surface area (Å²) in [5.74, 6) is 1.27. The quantitative estimate of drug-likeness (QED) is 0.598. The SMILES string of the molecule is Nc1nc(NCC2CCC2)ccc1[N+](=O)[O-]. The Morgan fingerprint density at radius 2 is 2.31 bits per heavy atom. The summed E-state index contributed by atoms with van der Waals surface area (Å²) >= 11 is 0. The highest BCUT2D eigenvalue weighted by Gasteiger charge is 2.17. The third-order valence-electron chi connectivity index (χ3n) is 2.90. The zero-order valence-electron chi connectivity index (χ0n) is 8.85. The number of pyridine rings is 1. The molecule has 3 N–H and O–H groups in total. The first-order valence-corrected chi connectivity index (χ1v) is 5.31. The maximum absolute atomic E-state index is 10.5. The van der Waals surface area contributed by atoms with Crippen LogP contribution in [0.3, 0.4) is 0 Å². The minimum absolute atomic E-state index is 0.0383. The van der Waals surface area contributed by atoms with Crippen LogP contribution in [0.4, 0.5) is 17.3 Å². The zero-order chi connectivity index (χ0) is 11.5. The molecule has 0 radical (unpaired) electrons. The Morgan fingerprint density at radius 1 is 1.56 bits per heavy atom. The van der Waals surface area contributed by atoms with Gasteiger partial charge in [-0.25, -0.2) is 4.98 Å². The number of nitro groups is 1. The van der Waals surface area contributed by atoms with Gasteiger partial charge in [0.05, 0.1) is 4.92 Å². The first-order chi connectivity index (χ1) is 7.66. The summed E-state index contributed by atoms with van der Waals surface area (Å²) in [7, 11) is 0. The van der Waals surface area contributed by atoms with Gasteiger partial charge in [0.25, 0.3) is 0 Å². The van der Waals surface area contributed by atoms with Crippen molar-refractivity contribution in [1.82, 2.24) is 4.98 Å². The van der Waals surface area contributed by atoms with Crippen LogP contribution in [-0.2, 0) is 0 Å². The second kappa shape index (κ2) is 4.34.